The highest BCUT2D eigenvalue weighted by atomic mass is 16.4. The molecule has 7 nitrogen and oxygen atoms in total. The smallest absolute Gasteiger partial charge is 0.305 e. The van der Waals surface area contributed by atoms with E-state index in [2.05, 4.69) is 15.4 Å². The van der Waals surface area contributed by atoms with Gasteiger partial charge >= 0.3 is 5.97 Å². The summed E-state index contributed by atoms with van der Waals surface area (Å²) in [6.07, 6.45) is 1.35. The van der Waals surface area contributed by atoms with Crippen molar-refractivity contribution in [3.8, 4) is 0 Å². The number of carboxylic acids is 1. The maximum atomic E-state index is 11.8. The first kappa shape index (κ1) is 13.0. The average molecular weight is 262 g/mol. The Labute approximate surface area is 109 Å². The predicted molar refractivity (Wildman–Crippen MR) is 67.8 cm³/mol. The quantitative estimate of drug-likeness (QED) is 0.835. The van der Waals surface area contributed by atoms with Crippen LogP contribution < -0.4 is 5.32 Å². The standard InChI is InChI=1S/C12H14N4O3/c1-7-9-5-8(6-14-11(9)16(2)15-7)12(19)13-4-3-10(17)18/h5-6H,3-4H2,1-2H3,(H,13,19)(H,17,18). The van der Waals surface area contributed by atoms with E-state index in [1.807, 2.05) is 6.92 Å². The minimum atomic E-state index is -0.947. The first-order chi connectivity index (χ1) is 8.99. The Morgan fingerprint density at radius 1 is 1.47 bits per heavy atom. The van der Waals surface area contributed by atoms with Crippen molar-refractivity contribution in [1.29, 1.82) is 0 Å². The molecule has 100 valence electrons. The number of hydrogen-bond donors (Lipinski definition) is 2. The number of amides is 1. The lowest BCUT2D eigenvalue weighted by Gasteiger charge is -2.03. The van der Waals surface area contributed by atoms with Crippen molar-refractivity contribution in [3.05, 3.63) is 23.5 Å². The van der Waals surface area contributed by atoms with Crippen LogP contribution in [0.3, 0.4) is 0 Å². The van der Waals surface area contributed by atoms with Crippen LogP contribution in [0, 0.1) is 6.92 Å². The van der Waals surface area contributed by atoms with E-state index in [1.165, 1.54) is 6.20 Å². The van der Waals surface area contributed by atoms with E-state index in [-0.39, 0.29) is 18.9 Å². The molecule has 0 spiro atoms. The third-order valence-corrected chi connectivity index (χ3v) is 2.75. The third-order valence-electron chi connectivity index (χ3n) is 2.75. The normalized spacial score (nSPS) is 10.6. The van der Waals surface area contributed by atoms with Crippen molar-refractivity contribution >= 4 is 22.9 Å². The largest absolute Gasteiger partial charge is 0.481 e. The van der Waals surface area contributed by atoms with Crippen molar-refractivity contribution in [2.24, 2.45) is 7.05 Å². The Hall–Kier alpha value is -2.44. The maximum absolute atomic E-state index is 11.8. The monoisotopic (exact) mass is 262 g/mol. The van der Waals surface area contributed by atoms with Gasteiger partial charge in [-0.15, -0.1) is 0 Å². The van der Waals surface area contributed by atoms with Crippen molar-refractivity contribution in [2.45, 2.75) is 13.3 Å². The van der Waals surface area contributed by atoms with Crippen LogP contribution >= 0.6 is 0 Å². The first-order valence-electron chi connectivity index (χ1n) is 5.78. The molecule has 0 unspecified atom stereocenters. The number of carbonyl (C=O) groups excluding carboxylic acids is 1. The molecule has 0 aromatic carbocycles. The molecule has 0 aliphatic heterocycles. The molecule has 2 rings (SSSR count). The Balaban J connectivity index is 2.18. The molecule has 2 heterocycles. The summed E-state index contributed by atoms with van der Waals surface area (Å²) in [5.41, 5.74) is 1.90. The second kappa shape index (κ2) is 5.05. The fourth-order valence-corrected chi connectivity index (χ4v) is 1.82. The number of aromatic nitrogens is 3. The van der Waals surface area contributed by atoms with Crippen LogP contribution in [-0.4, -0.2) is 38.3 Å². The number of carbonyl (C=O) groups is 2. The first-order valence-corrected chi connectivity index (χ1v) is 5.78. The predicted octanol–water partition coefficient (Wildman–Crippen LogP) is 0.481. The Morgan fingerprint density at radius 2 is 2.21 bits per heavy atom. The third kappa shape index (κ3) is 2.70. The van der Waals surface area contributed by atoms with E-state index >= 15 is 0 Å². The number of carboxylic acid groups (broad SMARTS) is 1. The summed E-state index contributed by atoms with van der Waals surface area (Å²) in [5, 5.41) is 16.1. The minimum Gasteiger partial charge on any atom is -0.481 e. The molecular formula is C12H14N4O3. The zero-order valence-corrected chi connectivity index (χ0v) is 10.7. The highest BCUT2D eigenvalue weighted by Gasteiger charge is 2.11. The lowest BCUT2D eigenvalue weighted by Crippen LogP contribution is -2.26. The number of nitrogens with one attached hydrogen (secondary N) is 1. The number of hydrogen-bond acceptors (Lipinski definition) is 4. The molecule has 2 N–H and O–H groups in total. The highest BCUT2D eigenvalue weighted by molar-refractivity contribution is 5.97. The Bertz CT molecular complexity index is 648. The molecule has 0 aliphatic carbocycles. The number of nitrogens with zero attached hydrogens (tertiary/aromatic N) is 3. The Kier molecular flexibility index (Phi) is 3.46. The maximum Gasteiger partial charge on any atom is 0.305 e. The van der Waals surface area contributed by atoms with Crippen molar-refractivity contribution < 1.29 is 14.7 Å². The van der Waals surface area contributed by atoms with Gasteiger partial charge in [-0.25, -0.2) is 4.98 Å². The summed E-state index contributed by atoms with van der Waals surface area (Å²) in [5.74, 6) is -1.28. The molecule has 0 atom stereocenters. The van der Waals surface area contributed by atoms with Crippen LogP contribution in [0.15, 0.2) is 12.3 Å². The zero-order valence-electron chi connectivity index (χ0n) is 10.7. The van der Waals surface area contributed by atoms with Crippen LogP contribution in [-0.2, 0) is 11.8 Å². The molecule has 0 fully saturated rings. The van der Waals surface area contributed by atoms with Gasteiger partial charge in [0.15, 0.2) is 5.65 Å². The van der Waals surface area contributed by atoms with Gasteiger partial charge in [-0.3, -0.25) is 14.3 Å². The average Bonchev–Trinajstić information content (AvgIpc) is 2.64. The fraction of sp³-hybridized carbons (Fsp3) is 0.333. The van der Waals surface area contributed by atoms with Crippen LogP contribution in [0.25, 0.3) is 11.0 Å². The molecule has 1 amide bonds. The van der Waals surface area contributed by atoms with Gasteiger partial charge < -0.3 is 10.4 Å². The number of fused-ring (bicyclic) bond motifs is 1. The molecule has 0 saturated heterocycles. The van der Waals surface area contributed by atoms with Gasteiger partial charge in [0.25, 0.3) is 5.91 Å². The SMILES string of the molecule is Cc1nn(C)c2ncc(C(=O)NCCC(=O)O)cc12. The van der Waals surface area contributed by atoms with E-state index in [0.29, 0.717) is 11.2 Å². The van der Waals surface area contributed by atoms with Gasteiger partial charge in [0.05, 0.1) is 17.7 Å². The lowest BCUT2D eigenvalue weighted by molar-refractivity contribution is -0.136. The van der Waals surface area contributed by atoms with Crippen LogP contribution in [0.2, 0.25) is 0 Å². The van der Waals surface area contributed by atoms with E-state index in [1.54, 1.807) is 17.8 Å². The molecular weight excluding hydrogens is 248 g/mol. The fourth-order valence-electron chi connectivity index (χ4n) is 1.82. The molecule has 19 heavy (non-hydrogen) atoms. The highest BCUT2D eigenvalue weighted by Crippen LogP contribution is 2.16. The van der Waals surface area contributed by atoms with Crippen LogP contribution in [0.5, 0.6) is 0 Å². The lowest BCUT2D eigenvalue weighted by atomic mass is 10.2. The van der Waals surface area contributed by atoms with Gasteiger partial charge in [0.2, 0.25) is 0 Å². The molecule has 0 aliphatic rings. The molecule has 2 aromatic rings. The van der Waals surface area contributed by atoms with Crippen molar-refractivity contribution in [2.75, 3.05) is 6.54 Å². The number of aliphatic carboxylic acids is 1. The summed E-state index contributed by atoms with van der Waals surface area (Å²) < 4.78 is 1.65. The summed E-state index contributed by atoms with van der Waals surface area (Å²) in [4.78, 5) is 26.4. The van der Waals surface area contributed by atoms with Gasteiger partial charge in [0, 0.05) is 25.2 Å². The van der Waals surface area contributed by atoms with Gasteiger partial charge in [-0.2, -0.15) is 5.10 Å². The van der Waals surface area contributed by atoms with Crippen molar-refractivity contribution in [3.63, 3.8) is 0 Å². The minimum absolute atomic E-state index is 0.0955. The van der Waals surface area contributed by atoms with Crippen molar-refractivity contribution in [1.82, 2.24) is 20.1 Å². The molecule has 2 aromatic heterocycles. The molecule has 0 bridgehead atoms. The summed E-state index contributed by atoms with van der Waals surface area (Å²) >= 11 is 0. The van der Waals surface area contributed by atoms with E-state index in [0.717, 1.165) is 11.1 Å². The van der Waals surface area contributed by atoms with E-state index < -0.39 is 5.97 Å². The summed E-state index contributed by atoms with van der Waals surface area (Å²) in [6, 6.07) is 1.71. The van der Waals surface area contributed by atoms with Gasteiger partial charge in [-0.1, -0.05) is 0 Å². The number of rotatable bonds is 4. The van der Waals surface area contributed by atoms with Crippen LogP contribution in [0.1, 0.15) is 22.5 Å². The second-order valence-electron chi connectivity index (χ2n) is 4.20. The topological polar surface area (TPSA) is 97.1 Å². The molecule has 0 saturated carbocycles. The van der Waals surface area contributed by atoms with Crippen LogP contribution in [0.4, 0.5) is 0 Å². The summed E-state index contributed by atoms with van der Waals surface area (Å²) in [6.45, 7) is 1.94. The van der Waals surface area contributed by atoms with Gasteiger partial charge in [0.1, 0.15) is 0 Å². The Morgan fingerprint density at radius 3 is 2.89 bits per heavy atom. The zero-order chi connectivity index (χ0) is 14.0. The number of pyridine rings is 1. The number of aryl methyl sites for hydroxylation is 2. The second-order valence-corrected chi connectivity index (χ2v) is 4.20. The molecule has 0 radical (unpaired) electrons. The van der Waals surface area contributed by atoms with Gasteiger partial charge in [-0.05, 0) is 13.0 Å². The van der Waals surface area contributed by atoms with E-state index in [9.17, 15) is 9.59 Å². The van der Waals surface area contributed by atoms with E-state index in [4.69, 9.17) is 5.11 Å². The summed E-state index contributed by atoms with van der Waals surface area (Å²) in [7, 11) is 1.79. The molecule has 7 heteroatoms.